The predicted molar refractivity (Wildman–Crippen MR) is 124 cm³/mol. The van der Waals surface area contributed by atoms with Crippen molar-refractivity contribution in [1.82, 2.24) is 14.9 Å². The van der Waals surface area contributed by atoms with Gasteiger partial charge in [-0.15, -0.1) is 11.3 Å². The topological polar surface area (TPSA) is 114 Å². The Morgan fingerprint density at radius 2 is 2.06 bits per heavy atom. The average molecular weight is 470 g/mol. The van der Waals surface area contributed by atoms with Crippen molar-refractivity contribution < 1.29 is 24.1 Å². The maximum absolute atomic E-state index is 12.7. The first-order valence-corrected chi connectivity index (χ1v) is 11.7. The lowest BCUT2D eigenvalue weighted by Gasteiger charge is -2.24. The average Bonchev–Trinajstić information content (AvgIpc) is 3.05. The van der Waals surface area contributed by atoms with Gasteiger partial charge in [-0.2, -0.15) is 0 Å². The van der Waals surface area contributed by atoms with Gasteiger partial charge in [0, 0.05) is 33.4 Å². The third-order valence-electron chi connectivity index (χ3n) is 4.74. The zero-order valence-electron chi connectivity index (χ0n) is 19.6. The molecular weight excluding hydrogens is 434 g/mol. The quantitative estimate of drug-likeness (QED) is 0.320. The minimum Gasteiger partial charge on any atom is -0.462 e. The lowest BCUT2D eigenvalue weighted by molar-refractivity contribution is 0.00544. The predicted octanol–water partition coefficient (Wildman–Crippen LogP) is 2.34. The number of aliphatic hydroxyl groups excluding tert-OH is 1. The molecule has 0 aromatic carbocycles. The lowest BCUT2D eigenvalue weighted by Crippen LogP contribution is -2.36. The molecule has 10 heteroatoms. The smallest absolute Gasteiger partial charge is 0.348 e. The van der Waals surface area contributed by atoms with Gasteiger partial charge in [-0.25, -0.2) is 9.78 Å². The van der Waals surface area contributed by atoms with E-state index in [0.29, 0.717) is 65.2 Å². The molecule has 0 aliphatic heterocycles. The van der Waals surface area contributed by atoms with E-state index in [9.17, 15) is 14.7 Å². The number of thiophene rings is 1. The fourth-order valence-corrected chi connectivity index (χ4v) is 4.42. The number of nitrogens with zero attached hydrogens (tertiary/aromatic N) is 2. The van der Waals surface area contributed by atoms with Crippen LogP contribution >= 0.6 is 11.3 Å². The first kappa shape index (κ1) is 26.4. The molecule has 0 amide bonds. The van der Waals surface area contributed by atoms with Gasteiger partial charge in [-0.05, 0) is 31.7 Å². The minimum atomic E-state index is -0.661. The summed E-state index contributed by atoms with van der Waals surface area (Å²) < 4.78 is 15.8. The Bertz CT molecular complexity index is 926. The number of aromatic amines is 1. The van der Waals surface area contributed by atoms with Gasteiger partial charge in [-0.1, -0.05) is 13.8 Å². The fourth-order valence-electron chi connectivity index (χ4n) is 3.32. The highest BCUT2D eigenvalue weighted by Gasteiger charge is 2.21. The highest BCUT2D eigenvalue weighted by molar-refractivity contribution is 7.20. The molecule has 180 valence electrons. The second-order valence-corrected chi connectivity index (χ2v) is 9.14. The molecule has 0 bridgehead atoms. The number of carbonyl (C=O) groups is 1. The van der Waals surface area contributed by atoms with Crippen molar-refractivity contribution in [2.24, 2.45) is 5.92 Å². The van der Waals surface area contributed by atoms with Gasteiger partial charge in [-0.3, -0.25) is 9.69 Å². The van der Waals surface area contributed by atoms with Crippen molar-refractivity contribution in [1.29, 1.82) is 0 Å². The monoisotopic (exact) mass is 469 g/mol. The van der Waals surface area contributed by atoms with Gasteiger partial charge in [0.25, 0.3) is 5.56 Å². The Morgan fingerprint density at radius 1 is 1.31 bits per heavy atom. The van der Waals surface area contributed by atoms with Crippen LogP contribution in [0.5, 0.6) is 0 Å². The number of H-pyrrole nitrogens is 1. The van der Waals surface area contributed by atoms with E-state index in [4.69, 9.17) is 14.2 Å². The molecule has 2 heterocycles. The molecule has 0 aliphatic rings. The number of aromatic nitrogens is 2. The molecule has 0 spiro atoms. The lowest BCUT2D eigenvalue weighted by atomic mass is 10.2. The van der Waals surface area contributed by atoms with Crippen LogP contribution in [0.25, 0.3) is 10.2 Å². The minimum absolute atomic E-state index is 0.245. The van der Waals surface area contributed by atoms with Gasteiger partial charge < -0.3 is 24.3 Å². The van der Waals surface area contributed by atoms with E-state index in [1.165, 1.54) is 0 Å². The number of methoxy groups -OCH3 is 1. The SMILES string of the molecule is CCOC(=O)c1sc2nc(CN(CCCOC)CC(O)COCC(C)C)[nH]c(=O)c2c1C. The summed E-state index contributed by atoms with van der Waals surface area (Å²) in [6.45, 7) is 10.7. The fraction of sp³-hybridized carbons (Fsp3) is 0.682. The number of hydrogen-bond acceptors (Lipinski definition) is 9. The van der Waals surface area contributed by atoms with Crippen LogP contribution in [-0.4, -0.2) is 78.7 Å². The maximum Gasteiger partial charge on any atom is 0.348 e. The molecule has 0 aliphatic carbocycles. The third-order valence-corrected chi connectivity index (χ3v) is 5.90. The zero-order valence-corrected chi connectivity index (χ0v) is 20.4. The molecule has 9 nitrogen and oxygen atoms in total. The molecule has 0 radical (unpaired) electrons. The summed E-state index contributed by atoms with van der Waals surface area (Å²) >= 11 is 1.16. The van der Waals surface area contributed by atoms with Crippen LogP contribution in [0, 0.1) is 12.8 Å². The number of nitrogens with one attached hydrogen (secondary N) is 1. The second-order valence-electron chi connectivity index (χ2n) is 8.14. The van der Waals surface area contributed by atoms with Gasteiger partial charge in [0.15, 0.2) is 0 Å². The number of esters is 1. The van der Waals surface area contributed by atoms with Crippen LogP contribution in [0.4, 0.5) is 0 Å². The Morgan fingerprint density at radius 3 is 2.72 bits per heavy atom. The number of rotatable bonds is 14. The summed E-state index contributed by atoms with van der Waals surface area (Å²) in [5.41, 5.74) is 0.297. The number of aliphatic hydroxyl groups is 1. The molecular formula is C22H35N3O6S. The summed E-state index contributed by atoms with van der Waals surface area (Å²) in [6, 6.07) is 0. The molecule has 0 saturated heterocycles. The number of ether oxygens (including phenoxy) is 3. The summed E-state index contributed by atoms with van der Waals surface area (Å²) in [4.78, 5) is 35.3. The molecule has 2 aromatic heterocycles. The van der Waals surface area contributed by atoms with Gasteiger partial charge in [0.1, 0.15) is 15.5 Å². The highest BCUT2D eigenvalue weighted by Crippen LogP contribution is 2.27. The van der Waals surface area contributed by atoms with Crippen LogP contribution in [0.3, 0.4) is 0 Å². The summed E-state index contributed by atoms with van der Waals surface area (Å²) in [7, 11) is 1.65. The number of aryl methyl sites for hydroxylation is 1. The van der Waals surface area contributed by atoms with E-state index in [-0.39, 0.29) is 18.8 Å². The van der Waals surface area contributed by atoms with Crippen molar-refractivity contribution >= 4 is 27.5 Å². The van der Waals surface area contributed by atoms with Crippen molar-refractivity contribution in [2.45, 2.75) is 46.8 Å². The molecule has 1 unspecified atom stereocenters. The highest BCUT2D eigenvalue weighted by atomic mass is 32.1. The van der Waals surface area contributed by atoms with Gasteiger partial charge in [0.05, 0.1) is 31.2 Å². The summed E-state index contributed by atoms with van der Waals surface area (Å²) in [5.74, 6) is 0.432. The van der Waals surface area contributed by atoms with E-state index in [2.05, 4.69) is 23.8 Å². The van der Waals surface area contributed by atoms with E-state index < -0.39 is 12.1 Å². The van der Waals surface area contributed by atoms with E-state index in [0.717, 1.165) is 17.8 Å². The molecule has 2 N–H and O–H groups in total. The van der Waals surface area contributed by atoms with Crippen molar-refractivity contribution in [3.05, 3.63) is 26.6 Å². The molecule has 0 fully saturated rings. The standard InChI is InChI=1S/C22H35N3O6S/c1-6-31-22(28)19-15(4)18-20(27)23-17(24-21(18)32-19)11-25(8-7-9-29-5)10-16(26)13-30-12-14(2)3/h14,16,26H,6-13H2,1-5H3,(H,23,24,27). The summed E-state index contributed by atoms with van der Waals surface area (Å²) in [5, 5.41) is 10.8. The Hall–Kier alpha value is -1.85. The van der Waals surface area contributed by atoms with Crippen LogP contribution in [-0.2, 0) is 20.8 Å². The summed E-state index contributed by atoms with van der Waals surface area (Å²) in [6.07, 6.45) is 0.111. The van der Waals surface area contributed by atoms with Crippen molar-refractivity contribution in [3.63, 3.8) is 0 Å². The molecule has 32 heavy (non-hydrogen) atoms. The van der Waals surface area contributed by atoms with Crippen LogP contribution in [0.2, 0.25) is 0 Å². The Kier molecular flexibility index (Phi) is 10.7. The normalized spacial score (nSPS) is 12.8. The van der Waals surface area contributed by atoms with E-state index in [1.54, 1.807) is 21.0 Å². The molecule has 0 saturated carbocycles. The first-order chi connectivity index (χ1) is 15.3. The molecule has 2 aromatic rings. The number of fused-ring (bicyclic) bond motifs is 1. The molecule has 1 atom stereocenters. The van der Waals surface area contributed by atoms with Crippen LogP contribution in [0.15, 0.2) is 4.79 Å². The van der Waals surface area contributed by atoms with E-state index in [1.807, 2.05) is 4.90 Å². The molecule has 2 rings (SSSR count). The Labute approximate surface area is 192 Å². The van der Waals surface area contributed by atoms with Crippen LogP contribution in [0.1, 0.15) is 48.3 Å². The largest absolute Gasteiger partial charge is 0.462 e. The number of carbonyl (C=O) groups excluding carboxylic acids is 1. The maximum atomic E-state index is 12.7. The van der Waals surface area contributed by atoms with Crippen molar-refractivity contribution in [3.8, 4) is 0 Å². The third kappa shape index (κ3) is 7.63. The van der Waals surface area contributed by atoms with E-state index >= 15 is 0 Å². The van der Waals surface area contributed by atoms with Crippen molar-refractivity contribution in [2.75, 3.05) is 46.6 Å². The van der Waals surface area contributed by atoms with Gasteiger partial charge in [0.2, 0.25) is 0 Å². The first-order valence-electron chi connectivity index (χ1n) is 10.9. The second kappa shape index (κ2) is 13.0. The van der Waals surface area contributed by atoms with Gasteiger partial charge >= 0.3 is 5.97 Å². The Balaban J connectivity index is 2.18. The van der Waals surface area contributed by atoms with Crippen LogP contribution < -0.4 is 5.56 Å². The zero-order chi connectivity index (χ0) is 23.7. The number of hydrogen-bond donors (Lipinski definition) is 2.